The quantitative estimate of drug-likeness (QED) is 0.629. The van der Waals surface area contributed by atoms with Crippen molar-refractivity contribution in [1.29, 1.82) is 0 Å². The number of nitrogens with zero attached hydrogens (tertiary/aromatic N) is 1. The molecule has 0 saturated carbocycles. The molecule has 10 heteroatoms. The van der Waals surface area contributed by atoms with Gasteiger partial charge in [0.2, 0.25) is 0 Å². The summed E-state index contributed by atoms with van der Waals surface area (Å²) in [7, 11) is -7.30. The van der Waals surface area contributed by atoms with Crippen LogP contribution in [0.3, 0.4) is 0 Å². The van der Waals surface area contributed by atoms with Gasteiger partial charge in [0, 0.05) is 11.1 Å². The van der Waals surface area contributed by atoms with Crippen molar-refractivity contribution in [3.05, 3.63) is 29.3 Å². The van der Waals surface area contributed by atoms with Crippen LogP contribution in [0.5, 0.6) is 0 Å². The number of piperidine rings is 1. The van der Waals surface area contributed by atoms with Crippen LogP contribution in [0, 0.1) is 5.92 Å². The summed E-state index contributed by atoms with van der Waals surface area (Å²) in [5, 5.41) is -0.617. The molecule has 0 radical (unpaired) electrons. The first-order chi connectivity index (χ1) is 13.1. The number of sulfone groups is 2. The summed E-state index contributed by atoms with van der Waals surface area (Å²) in [6.07, 6.45) is 1.06. The molecule has 1 aromatic carbocycles. The lowest BCUT2D eigenvalue weighted by Crippen LogP contribution is -2.50. The maximum absolute atomic E-state index is 13.1. The Hall–Kier alpha value is -1.16. The van der Waals surface area contributed by atoms with Gasteiger partial charge in [-0.15, -0.1) is 0 Å². The highest BCUT2D eigenvalue weighted by Crippen LogP contribution is 2.32. The third-order valence-electron chi connectivity index (χ3n) is 5.43. The van der Waals surface area contributed by atoms with Crippen molar-refractivity contribution in [2.75, 3.05) is 31.2 Å². The Bertz CT molecular complexity index is 921. The summed E-state index contributed by atoms with van der Waals surface area (Å²) >= 11 is 5.84. The van der Waals surface area contributed by atoms with Gasteiger partial charge in [-0.1, -0.05) is 11.6 Å². The SMILES string of the molecule is CCOC(=O)C1CCN(C2CS(=O)(=O)CC2S(=O)(=O)c2ccc(Cl)cc2)CC1. The van der Waals surface area contributed by atoms with E-state index in [9.17, 15) is 21.6 Å². The highest BCUT2D eigenvalue weighted by Gasteiger charge is 2.48. The average molecular weight is 450 g/mol. The van der Waals surface area contributed by atoms with Crippen LogP contribution in [0.15, 0.2) is 29.2 Å². The minimum absolute atomic E-state index is 0.0745. The minimum Gasteiger partial charge on any atom is -0.466 e. The summed E-state index contributed by atoms with van der Waals surface area (Å²) in [5.74, 6) is -1.04. The van der Waals surface area contributed by atoms with Crippen molar-refractivity contribution in [3.63, 3.8) is 0 Å². The van der Waals surface area contributed by atoms with E-state index in [1.165, 1.54) is 24.3 Å². The van der Waals surface area contributed by atoms with Gasteiger partial charge < -0.3 is 4.74 Å². The van der Waals surface area contributed by atoms with Crippen molar-refractivity contribution in [2.45, 2.75) is 36.0 Å². The van der Waals surface area contributed by atoms with Gasteiger partial charge in [0.25, 0.3) is 0 Å². The van der Waals surface area contributed by atoms with E-state index in [1.54, 1.807) is 6.92 Å². The van der Waals surface area contributed by atoms with E-state index in [0.29, 0.717) is 37.6 Å². The van der Waals surface area contributed by atoms with Gasteiger partial charge >= 0.3 is 5.97 Å². The first-order valence-corrected chi connectivity index (χ1v) is 13.0. The largest absolute Gasteiger partial charge is 0.466 e. The number of rotatable bonds is 5. The summed E-state index contributed by atoms with van der Waals surface area (Å²) < 4.78 is 55.9. The Kier molecular flexibility index (Phi) is 6.38. The Morgan fingerprint density at radius 1 is 1.18 bits per heavy atom. The third-order valence-corrected chi connectivity index (χ3v) is 9.82. The van der Waals surface area contributed by atoms with Crippen molar-refractivity contribution in [1.82, 2.24) is 4.90 Å². The van der Waals surface area contributed by atoms with E-state index in [4.69, 9.17) is 16.3 Å². The number of hydrogen-bond donors (Lipinski definition) is 0. The van der Waals surface area contributed by atoms with E-state index in [1.807, 2.05) is 4.90 Å². The Morgan fingerprint density at radius 3 is 2.36 bits per heavy atom. The highest BCUT2D eigenvalue weighted by molar-refractivity contribution is 7.96. The fraction of sp³-hybridized carbons (Fsp3) is 0.611. The molecule has 0 aromatic heterocycles. The molecule has 2 unspecified atom stereocenters. The molecule has 2 saturated heterocycles. The van der Waals surface area contributed by atoms with Crippen LogP contribution in [-0.4, -0.2) is 70.2 Å². The van der Waals surface area contributed by atoms with Crippen LogP contribution < -0.4 is 0 Å². The van der Waals surface area contributed by atoms with E-state index in [2.05, 4.69) is 0 Å². The van der Waals surface area contributed by atoms with Crippen molar-refractivity contribution in [2.24, 2.45) is 5.92 Å². The van der Waals surface area contributed by atoms with Crippen LogP contribution in [0.2, 0.25) is 5.02 Å². The molecule has 2 heterocycles. The molecule has 3 rings (SSSR count). The predicted molar refractivity (Wildman–Crippen MR) is 106 cm³/mol. The number of halogens is 1. The molecule has 1 aromatic rings. The summed E-state index contributed by atoms with van der Waals surface area (Å²) in [6, 6.07) is 5.17. The average Bonchev–Trinajstić information content (AvgIpc) is 2.99. The van der Waals surface area contributed by atoms with Crippen molar-refractivity contribution in [3.8, 4) is 0 Å². The first kappa shape index (κ1) is 21.5. The lowest BCUT2D eigenvalue weighted by molar-refractivity contribution is -0.149. The molecule has 28 heavy (non-hydrogen) atoms. The van der Waals surface area contributed by atoms with E-state index in [0.717, 1.165) is 0 Å². The van der Waals surface area contributed by atoms with Crippen molar-refractivity contribution < 1.29 is 26.4 Å². The number of carbonyl (C=O) groups is 1. The first-order valence-electron chi connectivity index (χ1n) is 9.24. The second-order valence-electron chi connectivity index (χ2n) is 7.24. The number of esters is 1. The van der Waals surface area contributed by atoms with Gasteiger partial charge in [0.1, 0.15) is 0 Å². The van der Waals surface area contributed by atoms with Gasteiger partial charge in [0.05, 0.1) is 34.2 Å². The number of benzene rings is 1. The number of ether oxygens (including phenoxy) is 1. The second-order valence-corrected chi connectivity index (χ2v) is 12.0. The van der Waals surface area contributed by atoms with Crippen LogP contribution in [0.25, 0.3) is 0 Å². The topological polar surface area (TPSA) is 97.8 Å². The monoisotopic (exact) mass is 449 g/mol. The standard InChI is InChI=1S/C18H24ClNO6S2/c1-2-26-18(21)13-7-9-20(10-8-13)16-11-27(22,23)12-17(16)28(24,25)15-5-3-14(19)4-6-15/h3-6,13,16-17H,2,7-12H2,1H3. The molecule has 2 fully saturated rings. The summed E-state index contributed by atoms with van der Waals surface area (Å²) in [4.78, 5) is 13.9. The van der Waals surface area contributed by atoms with Crippen LogP contribution in [0.4, 0.5) is 0 Å². The molecule has 0 aliphatic carbocycles. The summed E-state index contributed by atoms with van der Waals surface area (Å²) in [6.45, 7) is 3.01. The maximum Gasteiger partial charge on any atom is 0.309 e. The molecule has 156 valence electrons. The molecule has 2 atom stereocenters. The van der Waals surface area contributed by atoms with Crippen LogP contribution in [0.1, 0.15) is 19.8 Å². The number of carbonyl (C=O) groups excluding carboxylic acids is 1. The second kappa shape index (κ2) is 8.30. The zero-order valence-corrected chi connectivity index (χ0v) is 18.0. The van der Waals surface area contributed by atoms with E-state index in [-0.39, 0.29) is 28.3 Å². The molecule has 0 bridgehead atoms. The molecule has 2 aliphatic rings. The molecule has 0 amide bonds. The molecular weight excluding hydrogens is 426 g/mol. The molecule has 7 nitrogen and oxygen atoms in total. The van der Waals surface area contributed by atoms with Crippen molar-refractivity contribution >= 4 is 37.2 Å². The van der Waals surface area contributed by atoms with Crippen LogP contribution in [-0.2, 0) is 29.2 Å². The molecular formula is C18H24ClNO6S2. The lowest BCUT2D eigenvalue weighted by atomic mass is 9.95. The third kappa shape index (κ3) is 4.53. The molecule has 0 spiro atoms. The Morgan fingerprint density at radius 2 is 1.79 bits per heavy atom. The summed E-state index contributed by atoms with van der Waals surface area (Å²) in [5.41, 5.74) is 0. The van der Waals surface area contributed by atoms with E-state index < -0.39 is 31.0 Å². The smallest absolute Gasteiger partial charge is 0.309 e. The van der Waals surface area contributed by atoms with Gasteiger partial charge in [-0.25, -0.2) is 16.8 Å². The fourth-order valence-electron chi connectivity index (χ4n) is 3.96. The fourth-order valence-corrected chi connectivity index (χ4v) is 8.92. The maximum atomic E-state index is 13.1. The molecule has 0 N–H and O–H groups in total. The Balaban J connectivity index is 1.80. The van der Waals surface area contributed by atoms with Gasteiger partial charge in [-0.2, -0.15) is 0 Å². The number of likely N-dealkylation sites (tertiary alicyclic amines) is 1. The Labute approximate surface area is 170 Å². The van der Waals surface area contributed by atoms with Crippen LogP contribution >= 0.6 is 11.6 Å². The normalized spacial score (nSPS) is 26.2. The van der Waals surface area contributed by atoms with Gasteiger partial charge in [-0.05, 0) is 57.1 Å². The number of hydrogen-bond acceptors (Lipinski definition) is 7. The van der Waals surface area contributed by atoms with E-state index >= 15 is 0 Å². The van der Waals surface area contributed by atoms with Gasteiger partial charge in [-0.3, -0.25) is 9.69 Å². The minimum atomic E-state index is -3.83. The highest BCUT2D eigenvalue weighted by atomic mass is 35.5. The zero-order valence-electron chi connectivity index (χ0n) is 15.6. The zero-order chi connectivity index (χ0) is 20.5. The predicted octanol–water partition coefficient (Wildman–Crippen LogP) is 1.55. The molecule has 2 aliphatic heterocycles. The lowest BCUT2D eigenvalue weighted by Gasteiger charge is -2.36. The van der Waals surface area contributed by atoms with Gasteiger partial charge in [0.15, 0.2) is 19.7 Å².